The van der Waals surface area contributed by atoms with Gasteiger partial charge in [0.15, 0.2) is 0 Å². The average molecular weight is 209 g/mol. The van der Waals surface area contributed by atoms with Gasteiger partial charge >= 0.3 is 19.5 Å². The molecule has 0 unspecified atom stereocenters. The van der Waals surface area contributed by atoms with Crippen LogP contribution in [0.2, 0.25) is 0 Å². The van der Waals surface area contributed by atoms with Crippen LogP contribution in [0.25, 0.3) is 0 Å². The molecule has 0 aliphatic carbocycles. The zero-order valence-electron chi connectivity index (χ0n) is 1.47. The van der Waals surface area contributed by atoms with Crippen molar-refractivity contribution < 1.29 is 56.7 Å². The van der Waals surface area contributed by atoms with Crippen molar-refractivity contribution in [2.45, 2.75) is 0 Å². The summed E-state index contributed by atoms with van der Waals surface area (Å²) in [5.41, 5.74) is 0. The van der Waals surface area contributed by atoms with Crippen molar-refractivity contribution in [3.05, 3.63) is 0 Å². The standard InChI is InChI=1S/3ClH.Rh/h3*1H;/q;;;+3/p-3. The van der Waals surface area contributed by atoms with E-state index in [0.29, 0.717) is 0 Å². The third kappa shape index (κ3) is 9.74. The Bertz CT molecular complexity index is 3.25. The molecule has 0 aromatic heterocycles. The summed E-state index contributed by atoms with van der Waals surface area (Å²) in [6, 6.07) is 0. The summed E-state index contributed by atoms with van der Waals surface area (Å²) >= 11 is 0. The van der Waals surface area contributed by atoms with Crippen molar-refractivity contribution in [3.63, 3.8) is 0 Å². The molecule has 0 aliphatic rings. The third-order valence-electron chi connectivity index (χ3n) is 0. The van der Waals surface area contributed by atoms with Gasteiger partial charge in [-0.1, -0.05) is 0 Å². The average Bonchev–Trinajstić information content (AvgIpc) is 0. The van der Waals surface area contributed by atoms with Gasteiger partial charge in [-0.15, -0.1) is 0 Å². The Balaban J connectivity index is 0. The molecule has 0 rings (SSSR count). The number of hydrogen-bond donors (Lipinski definition) is 0. The van der Waals surface area contributed by atoms with Gasteiger partial charge in [0.25, 0.3) is 0 Å². The fraction of sp³-hybridized carbons (Fsp3) is 0. The van der Waals surface area contributed by atoms with Gasteiger partial charge in [0.2, 0.25) is 0 Å². The van der Waals surface area contributed by atoms with Crippen LogP contribution in [-0.4, -0.2) is 0 Å². The van der Waals surface area contributed by atoms with Crippen molar-refractivity contribution in [3.8, 4) is 0 Å². The third-order valence-corrected chi connectivity index (χ3v) is 0. The maximum absolute atomic E-state index is 0. The zero-order chi connectivity index (χ0) is 0. The molecule has 4 heteroatoms. The first-order valence-electron chi connectivity index (χ1n) is 0. The predicted octanol–water partition coefficient (Wildman–Crippen LogP) is -8.99. The Morgan fingerprint density at radius 2 is 0.500 bits per heavy atom. The molecule has 0 amide bonds. The molecular formula is Cl3Rh. The van der Waals surface area contributed by atoms with E-state index in [9.17, 15) is 0 Å². The molecule has 0 bridgehead atoms. The van der Waals surface area contributed by atoms with E-state index in [2.05, 4.69) is 0 Å². The second-order valence-corrected chi connectivity index (χ2v) is 0. The van der Waals surface area contributed by atoms with E-state index < -0.39 is 0 Å². The Labute approximate surface area is 56.7 Å². The van der Waals surface area contributed by atoms with Gasteiger partial charge in [0.05, 0.1) is 0 Å². The molecule has 0 saturated carbocycles. The maximum atomic E-state index is 0. The molecular weight excluding hydrogens is 209 g/mol. The van der Waals surface area contributed by atoms with E-state index in [0.717, 1.165) is 0 Å². The van der Waals surface area contributed by atoms with Crippen LogP contribution in [0.4, 0.5) is 0 Å². The molecule has 0 aromatic rings. The first kappa shape index (κ1) is 49.7. The van der Waals surface area contributed by atoms with Gasteiger partial charge in [-0.05, 0) is 0 Å². The number of hydrogen-bond acceptors (Lipinski definition) is 0. The SMILES string of the molecule is [Cl-].[Cl-].[Cl-].[Rh+3]. The molecule has 0 N–H and O–H groups in total. The molecule has 0 aliphatic heterocycles. The van der Waals surface area contributed by atoms with Crippen molar-refractivity contribution in [1.82, 2.24) is 0 Å². The summed E-state index contributed by atoms with van der Waals surface area (Å²) in [6.07, 6.45) is 0. The molecule has 0 radical (unpaired) electrons. The fourth-order valence-corrected chi connectivity index (χ4v) is 0. The number of halogens is 3. The quantitative estimate of drug-likeness (QED) is 0.348. The van der Waals surface area contributed by atoms with E-state index >= 15 is 0 Å². The summed E-state index contributed by atoms with van der Waals surface area (Å²) in [5, 5.41) is 0. The predicted molar refractivity (Wildman–Crippen MR) is 0 cm³/mol. The molecule has 0 fully saturated rings. The minimum absolute atomic E-state index is 0. The summed E-state index contributed by atoms with van der Waals surface area (Å²) in [7, 11) is 0. The van der Waals surface area contributed by atoms with Crippen LogP contribution >= 0.6 is 0 Å². The summed E-state index contributed by atoms with van der Waals surface area (Å²) < 4.78 is 0. The van der Waals surface area contributed by atoms with Crippen LogP contribution in [-0.2, 0) is 19.5 Å². The van der Waals surface area contributed by atoms with Gasteiger partial charge in [0, 0.05) is 0 Å². The van der Waals surface area contributed by atoms with E-state index in [4.69, 9.17) is 0 Å². The normalized spacial score (nSPS) is 0. The molecule has 0 atom stereocenters. The van der Waals surface area contributed by atoms with Crippen molar-refractivity contribution in [2.75, 3.05) is 0 Å². The van der Waals surface area contributed by atoms with E-state index in [1.807, 2.05) is 0 Å². The van der Waals surface area contributed by atoms with Gasteiger partial charge in [-0.3, -0.25) is 0 Å². The summed E-state index contributed by atoms with van der Waals surface area (Å²) in [4.78, 5) is 0. The Morgan fingerprint density at radius 1 is 0.500 bits per heavy atom. The Kier molecular flexibility index (Phi) is 306. The van der Waals surface area contributed by atoms with Crippen molar-refractivity contribution in [1.29, 1.82) is 0 Å². The van der Waals surface area contributed by atoms with Gasteiger partial charge in [-0.25, -0.2) is 0 Å². The van der Waals surface area contributed by atoms with E-state index in [-0.39, 0.29) is 56.7 Å². The van der Waals surface area contributed by atoms with E-state index in [1.165, 1.54) is 0 Å². The van der Waals surface area contributed by atoms with Crippen LogP contribution in [0.3, 0.4) is 0 Å². The maximum Gasteiger partial charge on any atom is 3.00 e. The Morgan fingerprint density at radius 3 is 0.500 bits per heavy atom. The summed E-state index contributed by atoms with van der Waals surface area (Å²) in [6.45, 7) is 0. The Hall–Kier alpha value is 1.49. The van der Waals surface area contributed by atoms with Crippen LogP contribution in [0, 0.1) is 0 Å². The van der Waals surface area contributed by atoms with Gasteiger partial charge in [-0.2, -0.15) is 0 Å². The van der Waals surface area contributed by atoms with Crippen LogP contribution < -0.4 is 37.2 Å². The van der Waals surface area contributed by atoms with Gasteiger partial charge < -0.3 is 37.2 Å². The molecule has 0 saturated heterocycles. The zero-order valence-corrected chi connectivity index (χ0v) is 5.37. The smallest absolute Gasteiger partial charge is 1.00 e. The molecule has 0 spiro atoms. The fourth-order valence-electron chi connectivity index (χ4n) is 0. The molecule has 30 valence electrons. The summed E-state index contributed by atoms with van der Waals surface area (Å²) in [5.74, 6) is 0. The van der Waals surface area contributed by atoms with Crippen LogP contribution in [0.15, 0.2) is 0 Å². The number of rotatable bonds is 0. The largest absolute Gasteiger partial charge is 3.00 e. The molecule has 4 heavy (non-hydrogen) atoms. The minimum atomic E-state index is 0. The first-order valence-corrected chi connectivity index (χ1v) is 0. The monoisotopic (exact) mass is 208 g/mol. The second-order valence-electron chi connectivity index (χ2n) is 0. The van der Waals surface area contributed by atoms with Gasteiger partial charge in [0.1, 0.15) is 0 Å². The van der Waals surface area contributed by atoms with Crippen molar-refractivity contribution in [2.24, 2.45) is 0 Å². The second kappa shape index (κ2) is 24.6. The molecule has 0 aromatic carbocycles. The molecule has 0 heterocycles. The first-order chi connectivity index (χ1) is 0. The topological polar surface area (TPSA) is 0 Å². The van der Waals surface area contributed by atoms with E-state index in [1.54, 1.807) is 0 Å². The van der Waals surface area contributed by atoms with Crippen LogP contribution in [0.5, 0.6) is 0 Å². The van der Waals surface area contributed by atoms with Crippen LogP contribution in [0.1, 0.15) is 0 Å². The van der Waals surface area contributed by atoms with Crippen molar-refractivity contribution >= 4 is 0 Å². The molecule has 0 nitrogen and oxygen atoms in total. The minimum Gasteiger partial charge on any atom is -1.00 e.